The summed E-state index contributed by atoms with van der Waals surface area (Å²) in [6.07, 6.45) is 1.80. The summed E-state index contributed by atoms with van der Waals surface area (Å²) >= 11 is 1.35. The van der Waals surface area contributed by atoms with Gasteiger partial charge in [0.05, 0.1) is 0 Å². The molecule has 7 heteroatoms. The fourth-order valence-electron chi connectivity index (χ4n) is 4.06. The molecular weight excluding hydrogens is 380 g/mol. The Balaban J connectivity index is 1.89. The Morgan fingerprint density at radius 3 is 2.86 bits per heavy atom. The number of benzene rings is 2. The van der Waals surface area contributed by atoms with E-state index in [1.807, 2.05) is 24.3 Å². The number of para-hydroxylation sites is 1. The Bertz CT molecular complexity index is 964. The van der Waals surface area contributed by atoms with Crippen molar-refractivity contribution in [2.75, 3.05) is 11.9 Å². The van der Waals surface area contributed by atoms with Gasteiger partial charge in [0.2, 0.25) is 5.91 Å². The summed E-state index contributed by atoms with van der Waals surface area (Å²) in [4.78, 5) is 11.8. The number of thioether (sulfide) groups is 1. The second-order valence-corrected chi connectivity index (χ2v) is 8.28. The highest BCUT2D eigenvalue weighted by atomic mass is 32.2. The van der Waals surface area contributed by atoms with Crippen LogP contribution in [0.2, 0.25) is 0 Å². The van der Waals surface area contributed by atoms with Gasteiger partial charge in [-0.25, -0.2) is 13.8 Å². The Labute approximate surface area is 167 Å². The maximum absolute atomic E-state index is 14.5. The van der Waals surface area contributed by atoms with E-state index in [1.54, 1.807) is 0 Å². The number of halogens is 2. The molecule has 0 fully saturated rings. The minimum atomic E-state index is -0.780. The summed E-state index contributed by atoms with van der Waals surface area (Å²) in [5, 5.41) is 9.74. The van der Waals surface area contributed by atoms with Gasteiger partial charge in [-0.3, -0.25) is 4.79 Å². The summed E-state index contributed by atoms with van der Waals surface area (Å²) in [6.45, 7) is 4.24. The largest absolute Gasteiger partial charge is 0.384 e. The quantitative estimate of drug-likeness (QED) is 0.794. The van der Waals surface area contributed by atoms with Crippen LogP contribution in [0.5, 0.6) is 0 Å². The van der Waals surface area contributed by atoms with Crippen molar-refractivity contribution in [2.24, 2.45) is 11.0 Å². The summed E-state index contributed by atoms with van der Waals surface area (Å²) in [7, 11) is 0. The molecule has 0 saturated carbocycles. The van der Waals surface area contributed by atoms with Gasteiger partial charge in [0, 0.05) is 36.2 Å². The van der Waals surface area contributed by atoms with E-state index >= 15 is 0 Å². The Morgan fingerprint density at radius 2 is 2.11 bits per heavy atom. The van der Waals surface area contributed by atoms with Crippen molar-refractivity contribution < 1.29 is 13.6 Å². The average Bonchev–Trinajstić information content (AvgIpc) is 3.08. The molecule has 0 unspecified atom stereocenters. The van der Waals surface area contributed by atoms with Gasteiger partial charge in [-0.2, -0.15) is 5.10 Å². The predicted molar refractivity (Wildman–Crippen MR) is 108 cm³/mol. The van der Waals surface area contributed by atoms with Crippen LogP contribution in [0.3, 0.4) is 0 Å². The number of nitrogens with zero attached hydrogens (tertiary/aromatic N) is 2. The van der Waals surface area contributed by atoms with E-state index < -0.39 is 16.5 Å². The fourth-order valence-corrected chi connectivity index (χ4v) is 5.66. The van der Waals surface area contributed by atoms with E-state index in [0.717, 1.165) is 42.3 Å². The normalized spacial score (nSPS) is 23.4. The van der Waals surface area contributed by atoms with Gasteiger partial charge in [0.25, 0.3) is 0 Å². The van der Waals surface area contributed by atoms with E-state index in [-0.39, 0.29) is 17.4 Å². The predicted octanol–water partition coefficient (Wildman–Crippen LogP) is 4.92. The number of fused-ring (bicyclic) bond motifs is 2. The summed E-state index contributed by atoms with van der Waals surface area (Å²) in [5.74, 6) is -1.25. The standard InChI is InChI=1S/C21H21F2N3OS/c1-3-6-14-12-24-19-8-5-4-7-17(19)21(14)26(13(2)27)25-20(28-21)16-11-15(22)9-10-18(16)23/h4-5,7-11,14,24H,3,6,12H2,1-2H3/t14-,21+/m0/s1. The van der Waals surface area contributed by atoms with Crippen LogP contribution in [-0.2, 0) is 9.67 Å². The number of rotatable bonds is 3. The molecule has 1 N–H and O–H groups in total. The summed E-state index contributed by atoms with van der Waals surface area (Å²) in [5.41, 5.74) is 1.96. The van der Waals surface area contributed by atoms with Crippen molar-refractivity contribution in [1.82, 2.24) is 5.01 Å². The molecule has 2 heterocycles. The second-order valence-electron chi connectivity index (χ2n) is 7.07. The maximum atomic E-state index is 14.5. The van der Waals surface area contributed by atoms with E-state index in [4.69, 9.17) is 0 Å². The highest BCUT2D eigenvalue weighted by molar-refractivity contribution is 8.15. The third-order valence-electron chi connectivity index (χ3n) is 5.26. The van der Waals surface area contributed by atoms with Gasteiger partial charge in [-0.05, 0) is 30.7 Å². The molecule has 4 rings (SSSR count). The molecule has 0 bridgehead atoms. The number of anilines is 1. The zero-order valence-corrected chi connectivity index (χ0v) is 16.5. The van der Waals surface area contributed by atoms with Crippen LogP contribution < -0.4 is 5.32 Å². The van der Waals surface area contributed by atoms with Gasteiger partial charge in [0.1, 0.15) is 21.5 Å². The van der Waals surface area contributed by atoms with Crippen molar-refractivity contribution >= 4 is 28.4 Å². The van der Waals surface area contributed by atoms with Crippen LogP contribution in [0.4, 0.5) is 14.5 Å². The van der Waals surface area contributed by atoms with Gasteiger partial charge in [0.15, 0.2) is 0 Å². The third-order valence-corrected chi connectivity index (χ3v) is 6.79. The third kappa shape index (κ3) is 2.89. The number of nitrogens with one attached hydrogen (secondary N) is 1. The molecule has 2 atom stereocenters. The van der Waals surface area contributed by atoms with Crippen LogP contribution in [0, 0.1) is 17.6 Å². The first-order chi connectivity index (χ1) is 13.5. The first-order valence-corrected chi connectivity index (χ1v) is 10.2. The number of hydrogen-bond donors (Lipinski definition) is 1. The second kappa shape index (κ2) is 7.20. The van der Waals surface area contributed by atoms with Crippen LogP contribution in [-0.4, -0.2) is 22.5 Å². The number of carbonyl (C=O) groups is 1. The lowest BCUT2D eigenvalue weighted by Gasteiger charge is -2.46. The van der Waals surface area contributed by atoms with Crippen molar-refractivity contribution in [2.45, 2.75) is 31.6 Å². The zero-order chi connectivity index (χ0) is 19.9. The number of hydrogen-bond acceptors (Lipinski definition) is 4. The molecule has 146 valence electrons. The first-order valence-electron chi connectivity index (χ1n) is 9.34. The number of carbonyl (C=O) groups excluding carboxylic acids is 1. The minimum Gasteiger partial charge on any atom is -0.384 e. The molecule has 2 aliphatic rings. The molecule has 28 heavy (non-hydrogen) atoms. The molecule has 0 aromatic heterocycles. The molecule has 1 spiro atoms. The van der Waals surface area contributed by atoms with E-state index in [2.05, 4.69) is 17.3 Å². The molecule has 0 radical (unpaired) electrons. The molecule has 0 saturated heterocycles. The molecule has 0 aliphatic carbocycles. The van der Waals surface area contributed by atoms with Gasteiger partial charge >= 0.3 is 0 Å². The van der Waals surface area contributed by atoms with Crippen LogP contribution >= 0.6 is 11.8 Å². The van der Waals surface area contributed by atoms with Crippen LogP contribution in [0.25, 0.3) is 0 Å². The van der Waals surface area contributed by atoms with Gasteiger partial charge < -0.3 is 5.32 Å². The minimum absolute atomic E-state index is 0.0687. The Hall–Kier alpha value is -2.41. The van der Waals surface area contributed by atoms with Crippen molar-refractivity contribution in [1.29, 1.82) is 0 Å². The molecular formula is C21H21F2N3OS. The lowest BCUT2D eigenvalue weighted by Crippen LogP contribution is -2.51. The van der Waals surface area contributed by atoms with E-state index in [0.29, 0.717) is 11.6 Å². The molecule has 2 aliphatic heterocycles. The van der Waals surface area contributed by atoms with Crippen LogP contribution in [0.15, 0.2) is 47.6 Å². The monoisotopic (exact) mass is 401 g/mol. The highest BCUT2D eigenvalue weighted by Gasteiger charge is 2.55. The molecule has 2 aromatic carbocycles. The first kappa shape index (κ1) is 18.9. The van der Waals surface area contributed by atoms with E-state index in [9.17, 15) is 13.6 Å². The SMILES string of the molecule is CCC[C@H]1CNc2ccccc2[C@]12SC(c1cc(F)ccc1F)=NN2C(C)=O. The molecule has 2 aromatic rings. The van der Waals surface area contributed by atoms with Crippen molar-refractivity contribution in [3.8, 4) is 0 Å². The summed E-state index contributed by atoms with van der Waals surface area (Å²) < 4.78 is 28.3. The topological polar surface area (TPSA) is 44.7 Å². The number of hydrazone groups is 1. The van der Waals surface area contributed by atoms with Gasteiger partial charge in [-0.1, -0.05) is 43.3 Å². The van der Waals surface area contributed by atoms with Crippen molar-refractivity contribution in [3.63, 3.8) is 0 Å². The lowest BCUT2D eigenvalue weighted by atomic mass is 9.84. The lowest BCUT2D eigenvalue weighted by molar-refractivity contribution is -0.133. The van der Waals surface area contributed by atoms with Crippen molar-refractivity contribution in [3.05, 3.63) is 65.2 Å². The molecule has 1 amide bonds. The maximum Gasteiger partial charge on any atom is 0.241 e. The fraction of sp³-hybridized carbons (Fsp3) is 0.333. The number of amides is 1. The molecule has 4 nitrogen and oxygen atoms in total. The zero-order valence-electron chi connectivity index (χ0n) is 15.7. The smallest absolute Gasteiger partial charge is 0.241 e. The Kier molecular flexibility index (Phi) is 4.87. The average molecular weight is 401 g/mol. The Morgan fingerprint density at radius 1 is 1.32 bits per heavy atom. The van der Waals surface area contributed by atoms with E-state index in [1.165, 1.54) is 23.7 Å². The highest BCUT2D eigenvalue weighted by Crippen LogP contribution is 2.57. The van der Waals surface area contributed by atoms with Gasteiger partial charge in [-0.15, -0.1) is 0 Å². The van der Waals surface area contributed by atoms with Crippen LogP contribution in [0.1, 0.15) is 37.8 Å². The summed E-state index contributed by atoms with van der Waals surface area (Å²) in [6, 6.07) is 11.1.